The van der Waals surface area contributed by atoms with Gasteiger partial charge in [-0.15, -0.1) is 13.2 Å². The smallest absolute Gasteiger partial charge is 0.243 e. The highest BCUT2D eigenvalue weighted by Gasteiger charge is 2.02. The zero-order valence-electron chi connectivity index (χ0n) is 16.4. The van der Waals surface area contributed by atoms with E-state index in [0.29, 0.717) is 13.0 Å². The van der Waals surface area contributed by atoms with Crippen molar-refractivity contribution in [1.29, 1.82) is 0 Å². The average molecular weight is 376 g/mol. The molecule has 0 spiro atoms. The molecule has 6 heteroatoms. The number of carbonyl (C=O) groups excluding carboxylic acids is 2. The quantitative estimate of drug-likeness (QED) is 0.0937. The van der Waals surface area contributed by atoms with Crippen molar-refractivity contribution in [2.75, 3.05) is 6.54 Å². The minimum absolute atomic E-state index is 0.159. The zero-order valence-corrected chi connectivity index (χ0v) is 16.4. The number of unbranched alkanes of at least 4 members (excludes halogenated alkanes) is 2. The van der Waals surface area contributed by atoms with Crippen LogP contribution in [0.2, 0.25) is 0 Å². The highest BCUT2D eigenvalue weighted by Crippen LogP contribution is 2.12. The van der Waals surface area contributed by atoms with Gasteiger partial charge in [-0.2, -0.15) is 0 Å². The number of nitrogens with one attached hydrogen (secondary N) is 3. The van der Waals surface area contributed by atoms with Gasteiger partial charge in [-0.25, -0.2) is 5.48 Å². The fourth-order valence-electron chi connectivity index (χ4n) is 1.99. The van der Waals surface area contributed by atoms with Crippen molar-refractivity contribution in [3.63, 3.8) is 0 Å². The van der Waals surface area contributed by atoms with Gasteiger partial charge in [-0.05, 0) is 25.3 Å². The van der Waals surface area contributed by atoms with Gasteiger partial charge in [0.1, 0.15) is 0 Å². The third-order valence-corrected chi connectivity index (χ3v) is 3.90. The van der Waals surface area contributed by atoms with E-state index in [0.717, 1.165) is 18.4 Å². The van der Waals surface area contributed by atoms with Crippen LogP contribution in [0.25, 0.3) is 0 Å². The maximum Gasteiger partial charge on any atom is 0.243 e. The minimum atomic E-state index is -0.387. The molecule has 2 atom stereocenters. The van der Waals surface area contributed by atoms with Crippen LogP contribution in [0.5, 0.6) is 0 Å². The van der Waals surface area contributed by atoms with Crippen LogP contribution in [0, 0.1) is 5.92 Å². The Morgan fingerprint density at radius 2 is 1.74 bits per heavy atom. The van der Waals surface area contributed by atoms with E-state index in [2.05, 4.69) is 23.8 Å². The summed E-state index contributed by atoms with van der Waals surface area (Å²) < 4.78 is 0. The summed E-state index contributed by atoms with van der Waals surface area (Å²) in [5, 5.41) is 14.4. The zero-order chi connectivity index (χ0) is 20.5. The Bertz CT molecular complexity index is 565. The van der Waals surface area contributed by atoms with E-state index >= 15 is 0 Å². The number of hydrogen-bond acceptors (Lipinski definition) is 4. The third kappa shape index (κ3) is 13.3. The number of allylic oxidation sites excluding steroid dienone is 5. The van der Waals surface area contributed by atoms with E-state index in [1.54, 1.807) is 11.6 Å². The molecule has 0 saturated carbocycles. The van der Waals surface area contributed by atoms with Crippen molar-refractivity contribution in [1.82, 2.24) is 16.1 Å². The molecule has 0 aliphatic carbocycles. The van der Waals surface area contributed by atoms with E-state index in [1.807, 2.05) is 44.4 Å². The fourth-order valence-corrected chi connectivity index (χ4v) is 1.99. The summed E-state index contributed by atoms with van der Waals surface area (Å²) in [7, 11) is 0. The number of hydrogen-bond donors (Lipinski definition) is 4. The molecule has 2 unspecified atom stereocenters. The first kappa shape index (κ1) is 24.4. The molecule has 0 aliphatic rings. The van der Waals surface area contributed by atoms with Crippen LogP contribution >= 0.6 is 0 Å². The van der Waals surface area contributed by atoms with Crippen molar-refractivity contribution in [2.45, 2.75) is 45.6 Å². The Morgan fingerprint density at radius 3 is 2.37 bits per heavy atom. The summed E-state index contributed by atoms with van der Waals surface area (Å²) in [5.74, 6) is -0.364. The van der Waals surface area contributed by atoms with Crippen molar-refractivity contribution in [3.8, 4) is 0 Å². The molecule has 0 fully saturated rings. The highest BCUT2D eigenvalue weighted by molar-refractivity contribution is 5.87. The van der Waals surface area contributed by atoms with E-state index in [1.165, 1.54) is 6.08 Å². The Kier molecular flexibility index (Phi) is 14.1. The second-order valence-electron chi connectivity index (χ2n) is 6.21. The van der Waals surface area contributed by atoms with Crippen molar-refractivity contribution >= 4 is 11.8 Å². The first-order chi connectivity index (χ1) is 12.9. The highest BCUT2D eigenvalue weighted by atomic mass is 16.5. The van der Waals surface area contributed by atoms with E-state index in [-0.39, 0.29) is 30.2 Å². The number of carbonyl (C=O) groups is 2. The molecule has 0 saturated heterocycles. The second kappa shape index (κ2) is 15.6. The lowest BCUT2D eigenvalue weighted by Crippen LogP contribution is -2.22. The summed E-state index contributed by atoms with van der Waals surface area (Å²) in [5.41, 5.74) is 2.65. The fraction of sp³-hybridized carbons (Fsp3) is 0.429. The predicted octanol–water partition coefficient (Wildman–Crippen LogP) is 3.15. The van der Waals surface area contributed by atoms with Gasteiger partial charge in [0.25, 0.3) is 0 Å². The summed E-state index contributed by atoms with van der Waals surface area (Å²) in [6.07, 6.45) is 15.1. The summed E-state index contributed by atoms with van der Waals surface area (Å²) in [6, 6.07) is 0.171. The summed E-state index contributed by atoms with van der Waals surface area (Å²) >= 11 is 0. The van der Waals surface area contributed by atoms with Gasteiger partial charge >= 0.3 is 0 Å². The van der Waals surface area contributed by atoms with Gasteiger partial charge in [0.2, 0.25) is 11.8 Å². The Labute approximate surface area is 162 Å². The maximum absolute atomic E-state index is 11.7. The lowest BCUT2D eigenvalue weighted by atomic mass is 10.0. The monoisotopic (exact) mass is 375 g/mol. The predicted molar refractivity (Wildman–Crippen MR) is 110 cm³/mol. The maximum atomic E-state index is 11.7. The molecule has 0 aliphatic heterocycles. The summed E-state index contributed by atoms with van der Waals surface area (Å²) in [4.78, 5) is 22.6. The molecule has 0 rings (SSSR count). The molecular weight excluding hydrogens is 342 g/mol. The normalized spacial score (nSPS) is 14.0. The molecule has 0 heterocycles. The van der Waals surface area contributed by atoms with E-state index in [9.17, 15) is 9.59 Å². The lowest BCUT2D eigenvalue weighted by Gasteiger charge is -2.11. The molecular formula is C21H33N3O3. The molecule has 0 bridgehead atoms. The molecule has 4 N–H and O–H groups in total. The van der Waals surface area contributed by atoms with Crippen LogP contribution in [-0.4, -0.2) is 29.6 Å². The SMILES string of the molecule is C=CC(C)N/C=C(/C=C/C=C/C(=O)NCCCCCC(=O)NO)C(C)C=C. The average Bonchev–Trinajstić information content (AvgIpc) is 2.68. The first-order valence-corrected chi connectivity index (χ1v) is 9.21. The van der Waals surface area contributed by atoms with Gasteiger partial charge in [-0.3, -0.25) is 14.8 Å². The van der Waals surface area contributed by atoms with Gasteiger partial charge < -0.3 is 10.6 Å². The van der Waals surface area contributed by atoms with Crippen LogP contribution in [0.1, 0.15) is 39.5 Å². The molecule has 0 radical (unpaired) electrons. The van der Waals surface area contributed by atoms with Crippen LogP contribution < -0.4 is 16.1 Å². The van der Waals surface area contributed by atoms with Crippen LogP contribution in [-0.2, 0) is 9.59 Å². The van der Waals surface area contributed by atoms with Crippen LogP contribution in [0.3, 0.4) is 0 Å². The van der Waals surface area contributed by atoms with Crippen molar-refractivity contribution < 1.29 is 14.8 Å². The Morgan fingerprint density at radius 1 is 1.04 bits per heavy atom. The minimum Gasteiger partial charge on any atom is -0.385 e. The topological polar surface area (TPSA) is 90.5 Å². The number of amides is 2. The molecule has 27 heavy (non-hydrogen) atoms. The van der Waals surface area contributed by atoms with Crippen molar-refractivity contribution in [2.24, 2.45) is 5.92 Å². The molecule has 2 amide bonds. The molecule has 150 valence electrons. The Balaban J connectivity index is 4.26. The van der Waals surface area contributed by atoms with Gasteiger partial charge in [0.05, 0.1) is 0 Å². The Hall–Kier alpha value is -2.60. The molecule has 0 aromatic carbocycles. The first-order valence-electron chi connectivity index (χ1n) is 9.21. The van der Waals surface area contributed by atoms with Crippen LogP contribution in [0.15, 0.2) is 61.4 Å². The van der Waals surface area contributed by atoms with E-state index in [4.69, 9.17) is 5.21 Å². The summed E-state index contributed by atoms with van der Waals surface area (Å²) in [6.45, 7) is 12.2. The second-order valence-corrected chi connectivity index (χ2v) is 6.21. The van der Waals surface area contributed by atoms with Gasteiger partial charge in [0.15, 0.2) is 0 Å². The number of hydroxylamine groups is 1. The van der Waals surface area contributed by atoms with E-state index < -0.39 is 0 Å². The lowest BCUT2D eigenvalue weighted by molar-refractivity contribution is -0.129. The van der Waals surface area contributed by atoms with Crippen LogP contribution in [0.4, 0.5) is 0 Å². The standard InChI is InChI=1S/C21H33N3O3/c1-5-17(3)19(16-23-18(4)6-2)12-9-10-13-20(25)22-15-11-7-8-14-21(26)24-27/h5-6,9-10,12-13,16-18,23,27H,1-2,7-8,11,14-15H2,3-4H3,(H,22,25)(H,24,26)/b12-9+,13-10+,19-16-. The third-order valence-electron chi connectivity index (χ3n) is 3.90. The molecule has 6 nitrogen and oxygen atoms in total. The largest absolute Gasteiger partial charge is 0.385 e. The molecule has 0 aromatic heterocycles. The van der Waals surface area contributed by atoms with Crippen molar-refractivity contribution in [3.05, 3.63) is 61.4 Å². The van der Waals surface area contributed by atoms with Gasteiger partial charge in [0, 0.05) is 37.2 Å². The number of rotatable bonds is 14. The molecule has 0 aromatic rings. The van der Waals surface area contributed by atoms with Gasteiger partial charge in [-0.1, -0.05) is 43.7 Å².